The number of amides is 1. The van der Waals surface area contributed by atoms with E-state index in [4.69, 9.17) is 14.7 Å². The molecule has 0 spiro atoms. The average molecular weight is 421 g/mol. The van der Waals surface area contributed by atoms with Gasteiger partial charge >= 0.3 is 6.18 Å². The second-order valence-electron chi connectivity index (χ2n) is 5.78. The van der Waals surface area contributed by atoms with Crippen LogP contribution in [0.2, 0.25) is 0 Å². The largest absolute Gasteiger partial charge is 0.493 e. The van der Waals surface area contributed by atoms with Crippen molar-refractivity contribution in [1.29, 1.82) is 5.26 Å². The van der Waals surface area contributed by atoms with Crippen molar-refractivity contribution in [2.24, 2.45) is 0 Å². The normalized spacial score (nSPS) is 11.0. The fraction of sp³-hybridized carbons (Fsp3) is 0.250. The molecule has 0 aliphatic carbocycles. The first-order valence-corrected chi connectivity index (χ1v) is 8.59. The van der Waals surface area contributed by atoms with Crippen LogP contribution in [0.3, 0.4) is 0 Å². The summed E-state index contributed by atoms with van der Waals surface area (Å²) in [6, 6.07) is 9.79. The maximum absolute atomic E-state index is 12.3. The van der Waals surface area contributed by atoms with Gasteiger partial charge in [-0.25, -0.2) is 4.98 Å². The zero-order valence-corrected chi connectivity index (χ0v) is 15.9. The summed E-state index contributed by atoms with van der Waals surface area (Å²) < 4.78 is 52.1. The number of aromatic nitrogens is 1. The van der Waals surface area contributed by atoms with Crippen LogP contribution in [0.15, 0.2) is 42.6 Å². The molecule has 158 valence electrons. The first-order valence-electron chi connectivity index (χ1n) is 8.59. The van der Waals surface area contributed by atoms with E-state index in [0.717, 1.165) is 0 Å². The second-order valence-corrected chi connectivity index (χ2v) is 5.78. The van der Waals surface area contributed by atoms with Crippen molar-refractivity contribution in [3.05, 3.63) is 53.7 Å². The number of alkyl halides is 3. The van der Waals surface area contributed by atoms with Crippen LogP contribution in [-0.4, -0.2) is 37.4 Å². The Balaban J connectivity index is 1.97. The van der Waals surface area contributed by atoms with E-state index in [-0.39, 0.29) is 19.0 Å². The van der Waals surface area contributed by atoms with Crippen LogP contribution < -0.4 is 19.5 Å². The van der Waals surface area contributed by atoms with Gasteiger partial charge in [-0.1, -0.05) is 12.1 Å². The molecule has 1 heterocycles. The summed E-state index contributed by atoms with van der Waals surface area (Å²) in [5, 5.41) is 11.1. The molecule has 2 rings (SSSR count). The van der Waals surface area contributed by atoms with Crippen LogP contribution in [0.25, 0.3) is 6.08 Å². The Kier molecular flexibility index (Phi) is 8.05. The molecule has 1 aromatic heterocycles. The minimum Gasteiger partial charge on any atom is -0.493 e. The number of rotatable bonds is 9. The molecule has 0 saturated carbocycles. The van der Waals surface area contributed by atoms with Gasteiger partial charge in [-0.15, -0.1) is 0 Å². The molecule has 7 nitrogen and oxygen atoms in total. The molecule has 0 aliphatic rings. The lowest BCUT2D eigenvalue weighted by Crippen LogP contribution is -2.23. The maximum atomic E-state index is 12.3. The number of halogens is 3. The van der Waals surface area contributed by atoms with E-state index in [1.165, 1.54) is 37.6 Å². The Labute approximate surface area is 170 Å². The second kappa shape index (κ2) is 10.7. The number of carbonyl (C=O) groups is 1. The topological polar surface area (TPSA) is 93.5 Å². The van der Waals surface area contributed by atoms with E-state index < -0.39 is 18.7 Å². The molecule has 0 fully saturated rings. The van der Waals surface area contributed by atoms with Crippen molar-refractivity contribution in [2.75, 3.05) is 20.3 Å². The molecule has 0 atom stereocenters. The smallest absolute Gasteiger partial charge is 0.422 e. The number of carbonyl (C=O) groups excluding carboxylic acids is 1. The molecule has 0 bridgehead atoms. The van der Waals surface area contributed by atoms with Crippen LogP contribution in [-0.2, 0) is 11.3 Å². The number of nitrogens with zero attached hydrogens (tertiary/aromatic N) is 2. The molecular weight excluding hydrogens is 403 g/mol. The number of nitrogens with one attached hydrogen (secondary N) is 1. The zero-order valence-electron chi connectivity index (χ0n) is 15.9. The van der Waals surface area contributed by atoms with Gasteiger partial charge in [0.2, 0.25) is 11.8 Å². The summed E-state index contributed by atoms with van der Waals surface area (Å²) in [7, 11) is 1.45. The van der Waals surface area contributed by atoms with Crippen LogP contribution in [0, 0.1) is 11.3 Å². The van der Waals surface area contributed by atoms with Gasteiger partial charge in [-0.2, -0.15) is 18.4 Å². The quantitative estimate of drug-likeness (QED) is 0.625. The van der Waals surface area contributed by atoms with E-state index in [1.54, 1.807) is 18.2 Å². The van der Waals surface area contributed by atoms with E-state index in [0.29, 0.717) is 22.6 Å². The van der Waals surface area contributed by atoms with E-state index >= 15 is 0 Å². The number of methoxy groups -OCH3 is 1. The number of hydrogen-bond acceptors (Lipinski definition) is 6. The number of ether oxygens (including phenoxy) is 3. The molecular formula is C20H18F3N3O4. The standard InChI is InChI=1S/C20H18F3N3O4/c1-28-17-11-14(4-6-16(17)29-10-8-24)5-7-18(27)26-12-15-3-2-9-25-19(15)30-13-20(21,22)23/h2-7,9,11H,10,12-13H2,1H3,(H,26,27)/b7-5+. The summed E-state index contributed by atoms with van der Waals surface area (Å²) >= 11 is 0. The third kappa shape index (κ3) is 7.35. The monoisotopic (exact) mass is 421 g/mol. The summed E-state index contributed by atoms with van der Waals surface area (Å²) in [6.45, 7) is -1.66. The van der Waals surface area contributed by atoms with Crippen LogP contribution >= 0.6 is 0 Å². The highest BCUT2D eigenvalue weighted by atomic mass is 19.4. The Morgan fingerprint density at radius 3 is 2.77 bits per heavy atom. The van der Waals surface area contributed by atoms with Crippen molar-refractivity contribution in [3.63, 3.8) is 0 Å². The Morgan fingerprint density at radius 2 is 2.07 bits per heavy atom. The lowest BCUT2D eigenvalue weighted by molar-refractivity contribution is -0.154. The van der Waals surface area contributed by atoms with Gasteiger partial charge < -0.3 is 19.5 Å². The van der Waals surface area contributed by atoms with Gasteiger partial charge in [0.1, 0.15) is 6.07 Å². The molecule has 1 aromatic carbocycles. The molecule has 1 N–H and O–H groups in total. The Bertz CT molecular complexity index is 940. The van der Waals surface area contributed by atoms with Gasteiger partial charge in [0.15, 0.2) is 24.7 Å². The lowest BCUT2D eigenvalue weighted by atomic mass is 10.2. The van der Waals surface area contributed by atoms with Crippen molar-refractivity contribution >= 4 is 12.0 Å². The van der Waals surface area contributed by atoms with Crippen LogP contribution in [0.1, 0.15) is 11.1 Å². The van der Waals surface area contributed by atoms with Crippen LogP contribution in [0.5, 0.6) is 17.4 Å². The molecule has 1 amide bonds. The fourth-order valence-electron chi connectivity index (χ4n) is 2.27. The third-order valence-corrected chi connectivity index (χ3v) is 3.58. The minimum absolute atomic E-state index is 0.0610. The van der Waals surface area contributed by atoms with Gasteiger partial charge in [0, 0.05) is 24.4 Å². The maximum Gasteiger partial charge on any atom is 0.422 e. The minimum atomic E-state index is -4.49. The van der Waals surface area contributed by atoms with Crippen molar-refractivity contribution in [1.82, 2.24) is 10.3 Å². The summed E-state index contributed by atoms with van der Waals surface area (Å²) in [6.07, 6.45) is -0.404. The molecule has 0 radical (unpaired) electrons. The predicted octanol–water partition coefficient (Wildman–Crippen LogP) is 3.26. The van der Waals surface area contributed by atoms with Gasteiger partial charge in [-0.3, -0.25) is 4.79 Å². The van der Waals surface area contributed by atoms with E-state index in [2.05, 4.69) is 15.0 Å². The highest BCUT2D eigenvalue weighted by molar-refractivity contribution is 5.91. The van der Waals surface area contributed by atoms with Crippen molar-refractivity contribution in [3.8, 4) is 23.4 Å². The third-order valence-electron chi connectivity index (χ3n) is 3.58. The SMILES string of the molecule is COc1cc(/C=C/C(=O)NCc2cccnc2OCC(F)(F)F)ccc1OCC#N. The molecule has 2 aromatic rings. The number of pyridine rings is 1. The number of nitriles is 1. The number of benzene rings is 1. The average Bonchev–Trinajstić information content (AvgIpc) is 2.73. The highest BCUT2D eigenvalue weighted by Gasteiger charge is 2.29. The van der Waals surface area contributed by atoms with Crippen molar-refractivity contribution < 1.29 is 32.2 Å². The first kappa shape index (κ1) is 22.5. The van der Waals surface area contributed by atoms with E-state index in [1.807, 2.05) is 6.07 Å². The summed E-state index contributed by atoms with van der Waals surface area (Å²) in [5.74, 6) is 0.124. The lowest BCUT2D eigenvalue weighted by Gasteiger charge is -2.12. The molecule has 10 heteroatoms. The highest BCUT2D eigenvalue weighted by Crippen LogP contribution is 2.28. The number of hydrogen-bond donors (Lipinski definition) is 1. The van der Waals surface area contributed by atoms with Gasteiger partial charge in [0.05, 0.1) is 7.11 Å². The van der Waals surface area contributed by atoms with Crippen molar-refractivity contribution in [2.45, 2.75) is 12.7 Å². The Hall–Kier alpha value is -3.74. The van der Waals surface area contributed by atoms with Crippen LogP contribution in [0.4, 0.5) is 13.2 Å². The van der Waals surface area contributed by atoms with Gasteiger partial charge in [-0.05, 0) is 29.8 Å². The predicted molar refractivity (Wildman–Crippen MR) is 101 cm³/mol. The Morgan fingerprint density at radius 1 is 1.27 bits per heavy atom. The summed E-state index contributed by atoms with van der Waals surface area (Å²) in [5.41, 5.74) is 0.950. The molecule has 0 unspecified atom stereocenters. The van der Waals surface area contributed by atoms with Gasteiger partial charge in [0.25, 0.3) is 0 Å². The fourth-order valence-corrected chi connectivity index (χ4v) is 2.27. The molecule has 0 aliphatic heterocycles. The molecule has 30 heavy (non-hydrogen) atoms. The first-order chi connectivity index (χ1) is 14.3. The molecule has 0 saturated heterocycles. The summed E-state index contributed by atoms with van der Waals surface area (Å²) in [4.78, 5) is 15.8. The van der Waals surface area contributed by atoms with E-state index in [9.17, 15) is 18.0 Å². The zero-order chi connectivity index (χ0) is 22.0.